The third kappa shape index (κ3) is 5.33. The molecule has 0 radical (unpaired) electrons. The van der Waals surface area contributed by atoms with Crippen molar-refractivity contribution in [2.75, 3.05) is 18.0 Å². The van der Waals surface area contributed by atoms with Gasteiger partial charge in [0, 0.05) is 37.6 Å². The smallest absolute Gasteiger partial charge is 0.417 e. The fourth-order valence-corrected chi connectivity index (χ4v) is 7.14. The SMILES string of the molecule is Cn1c(=O)c(-c2cccc3c(C[C@H](NC(=O)c4c(F)cc(N5CC6C(C5)C6(F)F)cc4F)C(=O)O)cccc23)c(C(F)(F)F)c2ccccc21. The van der Waals surface area contributed by atoms with Gasteiger partial charge in [-0.3, -0.25) is 9.59 Å². The predicted molar refractivity (Wildman–Crippen MR) is 170 cm³/mol. The Morgan fingerprint density at radius 1 is 0.920 bits per heavy atom. The number of carboxylic acid groups (broad SMARTS) is 1. The number of aromatic nitrogens is 1. The van der Waals surface area contributed by atoms with Crippen LogP contribution in [0.15, 0.2) is 77.6 Å². The second-order valence-electron chi connectivity index (χ2n) is 12.6. The fraction of sp³-hybridized carbons (Fsp3) is 0.250. The molecule has 2 fully saturated rings. The summed E-state index contributed by atoms with van der Waals surface area (Å²) >= 11 is 0. The first-order valence-corrected chi connectivity index (χ1v) is 15.4. The number of anilines is 1. The lowest BCUT2D eigenvalue weighted by atomic mass is 9.90. The predicted octanol–water partition coefficient (Wildman–Crippen LogP) is 6.78. The van der Waals surface area contributed by atoms with Crippen LogP contribution in [0.3, 0.4) is 0 Å². The lowest BCUT2D eigenvalue weighted by Gasteiger charge is -2.23. The largest absolute Gasteiger partial charge is 0.480 e. The van der Waals surface area contributed by atoms with Crippen molar-refractivity contribution >= 4 is 39.2 Å². The zero-order chi connectivity index (χ0) is 35.9. The Hall–Kier alpha value is -5.40. The van der Waals surface area contributed by atoms with Gasteiger partial charge in [-0.05, 0) is 40.1 Å². The van der Waals surface area contributed by atoms with Crippen molar-refractivity contribution in [3.05, 3.63) is 111 Å². The van der Waals surface area contributed by atoms with Crippen molar-refractivity contribution in [2.24, 2.45) is 18.9 Å². The molecule has 50 heavy (non-hydrogen) atoms. The number of aryl methyl sites for hydroxylation is 1. The van der Waals surface area contributed by atoms with E-state index in [1.807, 2.05) is 0 Å². The van der Waals surface area contributed by atoms with Crippen molar-refractivity contribution in [1.82, 2.24) is 9.88 Å². The molecule has 14 heteroatoms. The summed E-state index contributed by atoms with van der Waals surface area (Å²) < 4.78 is 102. The molecule has 5 aromatic rings. The number of alkyl halides is 5. The molecule has 2 N–H and O–H groups in total. The molecule has 0 bridgehead atoms. The fourth-order valence-electron chi connectivity index (χ4n) is 7.14. The Balaban J connectivity index is 1.22. The number of amides is 1. The molecule has 1 aliphatic heterocycles. The molecule has 3 atom stereocenters. The molecule has 2 aliphatic rings. The van der Waals surface area contributed by atoms with E-state index in [-0.39, 0.29) is 51.6 Å². The molecule has 2 heterocycles. The maximum atomic E-state index is 15.1. The van der Waals surface area contributed by atoms with Crippen LogP contribution in [0.25, 0.3) is 32.8 Å². The number of nitrogens with zero attached hydrogens (tertiary/aromatic N) is 2. The number of carbonyl (C=O) groups is 2. The molecular formula is C36H26F7N3O4. The zero-order valence-corrected chi connectivity index (χ0v) is 26.0. The van der Waals surface area contributed by atoms with Gasteiger partial charge < -0.3 is 19.9 Å². The second-order valence-corrected chi connectivity index (χ2v) is 12.6. The van der Waals surface area contributed by atoms with Gasteiger partial charge in [-0.15, -0.1) is 0 Å². The van der Waals surface area contributed by atoms with Crippen molar-refractivity contribution in [3.8, 4) is 11.1 Å². The first-order valence-electron chi connectivity index (χ1n) is 15.4. The van der Waals surface area contributed by atoms with Crippen LogP contribution in [0.5, 0.6) is 0 Å². The van der Waals surface area contributed by atoms with Crippen molar-refractivity contribution < 1.29 is 45.4 Å². The van der Waals surface area contributed by atoms with Gasteiger partial charge in [0.05, 0.1) is 28.5 Å². The van der Waals surface area contributed by atoms with Crippen LogP contribution in [0, 0.1) is 23.5 Å². The van der Waals surface area contributed by atoms with E-state index in [0.717, 1.165) is 16.7 Å². The number of halogens is 7. The number of carboxylic acids is 1. The number of fused-ring (bicyclic) bond motifs is 3. The highest BCUT2D eigenvalue weighted by Gasteiger charge is 2.71. The first kappa shape index (κ1) is 33.1. The Bertz CT molecular complexity index is 2270. The number of para-hydroxylation sites is 1. The van der Waals surface area contributed by atoms with Crippen LogP contribution in [0.2, 0.25) is 0 Å². The van der Waals surface area contributed by atoms with Crippen LogP contribution >= 0.6 is 0 Å². The third-order valence-corrected chi connectivity index (χ3v) is 9.71. The van der Waals surface area contributed by atoms with Gasteiger partial charge in [0.25, 0.3) is 17.4 Å². The van der Waals surface area contributed by atoms with E-state index < -0.39 is 82.2 Å². The first-order chi connectivity index (χ1) is 23.6. The zero-order valence-electron chi connectivity index (χ0n) is 26.0. The number of benzene rings is 4. The molecule has 2 unspecified atom stereocenters. The summed E-state index contributed by atoms with van der Waals surface area (Å²) in [6.45, 7) is -0.217. The van der Waals surface area contributed by atoms with E-state index in [1.54, 1.807) is 0 Å². The number of hydrogen-bond donors (Lipinski definition) is 2. The Kier molecular flexibility index (Phi) is 7.68. The number of rotatable bonds is 7. The minimum Gasteiger partial charge on any atom is -0.480 e. The minimum atomic E-state index is -4.92. The Labute approximate surface area is 278 Å². The highest BCUT2D eigenvalue weighted by atomic mass is 19.4. The maximum absolute atomic E-state index is 15.1. The Morgan fingerprint density at radius 2 is 1.52 bits per heavy atom. The van der Waals surface area contributed by atoms with E-state index in [9.17, 15) is 41.4 Å². The molecular weight excluding hydrogens is 671 g/mol. The third-order valence-electron chi connectivity index (χ3n) is 9.71. The molecule has 1 saturated carbocycles. The van der Waals surface area contributed by atoms with Gasteiger partial charge in [-0.25, -0.2) is 22.4 Å². The van der Waals surface area contributed by atoms with E-state index in [0.29, 0.717) is 0 Å². The molecule has 258 valence electrons. The van der Waals surface area contributed by atoms with Crippen molar-refractivity contribution in [1.29, 1.82) is 0 Å². The van der Waals surface area contributed by atoms with Gasteiger partial charge in [-0.2, -0.15) is 13.2 Å². The summed E-state index contributed by atoms with van der Waals surface area (Å²) in [4.78, 5) is 40.3. The molecule has 7 nitrogen and oxygen atoms in total. The maximum Gasteiger partial charge on any atom is 0.417 e. The van der Waals surface area contributed by atoms with Crippen molar-refractivity contribution in [2.45, 2.75) is 24.6 Å². The molecule has 1 saturated heterocycles. The summed E-state index contributed by atoms with van der Waals surface area (Å²) in [6, 6.07) is 14.2. The average Bonchev–Trinajstić information content (AvgIpc) is 3.34. The van der Waals surface area contributed by atoms with Crippen LogP contribution in [0.4, 0.5) is 36.4 Å². The molecule has 1 aromatic heterocycles. The van der Waals surface area contributed by atoms with E-state index in [2.05, 4.69) is 5.32 Å². The summed E-state index contributed by atoms with van der Waals surface area (Å²) in [5.41, 5.74) is -3.45. The normalized spacial score (nSPS) is 18.7. The monoisotopic (exact) mass is 697 g/mol. The summed E-state index contributed by atoms with van der Waals surface area (Å²) in [5.74, 6) is -10.2. The number of carbonyl (C=O) groups excluding carboxylic acids is 1. The van der Waals surface area contributed by atoms with Crippen molar-refractivity contribution in [3.63, 3.8) is 0 Å². The van der Waals surface area contributed by atoms with Gasteiger partial charge >= 0.3 is 12.1 Å². The van der Waals surface area contributed by atoms with Crippen LogP contribution in [0.1, 0.15) is 21.5 Å². The molecule has 1 amide bonds. The summed E-state index contributed by atoms with van der Waals surface area (Å²) in [7, 11) is 1.36. The number of aliphatic carboxylic acids is 1. The van der Waals surface area contributed by atoms with E-state index in [1.165, 1.54) is 72.6 Å². The number of piperidine rings is 1. The number of pyridine rings is 1. The lowest BCUT2D eigenvalue weighted by Crippen LogP contribution is -2.43. The topological polar surface area (TPSA) is 91.6 Å². The standard InChI is InChI=1S/C36H26F7N3O4/c1-45-28-11-3-2-7-22(28)31(36(41,42)43)29(33(45)48)21-10-5-8-19-17(6-4-9-20(19)21)12-27(34(49)50)44-32(47)30-25(37)13-18(14-26(30)38)46-15-23-24(16-46)35(23,39)40/h2-11,13-14,23-24,27H,12,15-16H2,1H3,(H,44,47)(H,49,50)/t23?,24?,27-/m0/s1. The van der Waals surface area contributed by atoms with Gasteiger partial charge in [-0.1, -0.05) is 54.6 Å². The minimum absolute atomic E-state index is 0.0316. The molecule has 7 rings (SSSR count). The second kappa shape index (κ2) is 11.6. The van der Waals surface area contributed by atoms with E-state index in [4.69, 9.17) is 0 Å². The summed E-state index contributed by atoms with van der Waals surface area (Å²) in [6.07, 6.45) is -5.37. The van der Waals surface area contributed by atoms with Crippen LogP contribution in [-0.4, -0.2) is 46.6 Å². The quantitative estimate of drug-likeness (QED) is 0.183. The summed E-state index contributed by atoms with van der Waals surface area (Å²) in [5, 5.41) is 12.4. The van der Waals surface area contributed by atoms with Gasteiger partial charge in [0.15, 0.2) is 0 Å². The highest BCUT2D eigenvalue weighted by molar-refractivity contribution is 6.02. The molecule has 4 aromatic carbocycles. The molecule has 0 spiro atoms. The Morgan fingerprint density at radius 3 is 2.16 bits per heavy atom. The lowest BCUT2D eigenvalue weighted by molar-refractivity contribution is -0.139. The van der Waals surface area contributed by atoms with Gasteiger partial charge in [0.1, 0.15) is 23.2 Å². The number of hydrogen-bond acceptors (Lipinski definition) is 4. The molecule has 1 aliphatic carbocycles. The average molecular weight is 698 g/mol. The van der Waals surface area contributed by atoms with Gasteiger partial charge in [0.2, 0.25) is 0 Å². The number of nitrogens with one attached hydrogen (secondary N) is 1. The van der Waals surface area contributed by atoms with E-state index >= 15 is 8.78 Å². The van der Waals surface area contributed by atoms with Crippen LogP contribution < -0.4 is 15.8 Å². The highest BCUT2D eigenvalue weighted by Crippen LogP contribution is 2.59. The van der Waals surface area contributed by atoms with Crippen LogP contribution in [-0.2, 0) is 24.4 Å².